The third kappa shape index (κ3) is 3.19. The fraction of sp³-hybridized carbons (Fsp3) is 0.571. The summed E-state index contributed by atoms with van der Waals surface area (Å²) in [5.41, 5.74) is 6.63. The van der Waals surface area contributed by atoms with Crippen LogP contribution in [-0.4, -0.2) is 48.6 Å². The van der Waals surface area contributed by atoms with Gasteiger partial charge >= 0.3 is 5.97 Å². The van der Waals surface area contributed by atoms with Crippen LogP contribution >= 0.6 is 0 Å². The Morgan fingerprint density at radius 3 is 2.95 bits per heavy atom. The van der Waals surface area contributed by atoms with Crippen LogP contribution in [0.3, 0.4) is 0 Å². The number of likely N-dealkylation sites (N-methyl/N-ethyl adjacent to an activating group) is 1. The fourth-order valence-corrected chi connectivity index (χ4v) is 2.13. The summed E-state index contributed by atoms with van der Waals surface area (Å²) in [6.45, 7) is 2.89. The number of rotatable bonds is 6. The van der Waals surface area contributed by atoms with Crippen LogP contribution in [0.2, 0.25) is 0 Å². The third-order valence-corrected chi connectivity index (χ3v) is 3.78. The van der Waals surface area contributed by atoms with Gasteiger partial charge in [0, 0.05) is 24.8 Å². The lowest BCUT2D eigenvalue weighted by Gasteiger charge is -2.25. The first kappa shape index (κ1) is 14.6. The van der Waals surface area contributed by atoms with Crippen molar-refractivity contribution in [3.63, 3.8) is 0 Å². The number of hydrogen-bond donors (Lipinski definition) is 2. The van der Waals surface area contributed by atoms with Crippen molar-refractivity contribution >= 4 is 17.5 Å². The van der Waals surface area contributed by atoms with Gasteiger partial charge in [-0.1, -0.05) is 0 Å². The second-order valence-corrected chi connectivity index (χ2v) is 5.24. The smallest absolute Gasteiger partial charge is 0.340 e. The highest BCUT2D eigenvalue weighted by molar-refractivity contribution is 5.97. The molecule has 1 atom stereocenters. The number of hydrogen-bond acceptors (Lipinski definition) is 6. The van der Waals surface area contributed by atoms with E-state index < -0.39 is 5.97 Å². The maximum atomic E-state index is 11.6. The number of anilines is 2. The second-order valence-electron chi connectivity index (χ2n) is 5.24. The Kier molecular flexibility index (Phi) is 4.44. The molecule has 0 bridgehead atoms. The first-order valence-electron chi connectivity index (χ1n) is 6.83. The van der Waals surface area contributed by atoms with E-state index in [2.05, 4.69) is 29.2 Å². The maximum Gasteiger partial charge on any atom is 0.340 e. The lowest BCUT2D eigenvalue weighted by molar-refractivity contribution is 0.0602. The van der Waals surface area contributed by atoms with E-state index in [1.807, 2.05) is 0 Å². The molecule has 1 aliphatic rings. The molecule has 0 saturated heterocycles. The molecule has 0 aliphatic heterocycles. The number of methoxy groups -OCH3 is 1. The summed E-state index contributed by atoms with van der Waals surface area (Å²) in [6.07, 6.45) is 4.11. The average molecular weight is 278 g/mol. The van der Waals surface area contributed by atoms with Gasteiger partial charge in [-0.15, -0.1) is 0 Å². The van der Waals surface area contributed by atoms with Crippen LogP contribution in [0.4, 0.5) is 11.5 Å². The summed E-state index contributed by atoms with van der Waals surface area (Å²) in [4.78, 5) is 18.1. The van der Waals surface area contributed by atoms with Crippen molar-refractivity contribution in [1.29, 1.82) is 0 Å². The largest absolute Gasteiger partial charge is 0.465 e. The van der Waals surface area contributed by atoms with Crippen molar-refractivity contribution in [2.75, 3.05) is 31.8 Å². The molecule has 2 rings (SSSR count). The van der Waals surface area contributed by atoms with Crippen molar-refractivity contribution in [3.05, 3.63) is 17.8 Å². The molecule has 6 nitrogen and oxygen atoms in total. The minimum atomic E-state index is -0.448. The Balaban J connectivity index is 2.00. The molecule has 0 aromatic carbocycles. The zero-order chi connectivity index (χ0) is 14.7. The van der Waals surface area contributed by atoms with E-state index in [-0.39, 0.29) is 0 Å². The SMILES string of the molecule is COC(=O)c1ccnc(NCC(C)N(C)C2CC2)c1N. The van der Waals surface area contributed by atoms with Gasteiger partial charge in [-0.2, -0.15) is 0 Å². The highest BCUT2D eigenvalue weighted by atomic mass is 16.5. The van der Waals surface area contributed by atoms with Crippen molar-refractivity contribution in [1.82, 2.24) is 9.88 Å². The van der Waals surface area contributed by atoms with Crippen LogP contribution in [0.1, 0.15) is 30.1 Å². The van der Waals surface area contributed by atoms with Crippen molar-refractivity contribution in [2.45, 2.75) is 31.8 Å². The molecule has 1 unspecified atom stereocenters. The number of nitrogens with zero attached hydrogens (tertiary/aromatic N) is 2. The molecule has 0 amide bonds. The Morgan fingerprint density at radius 2 is 2.35 bits per heavy atom. The van der Waals surface area contributed by atoms with Crippen LogP contribution in [-0.2, 0) is 4.74 Å². The van der Waals surface area contributed by atoms with Crippen LogP contribution in [0.25, 0.3) is 0 Å². The Hall–Kier alpha value is -1.82. The molecule has 1 saturated carbocycles. The number of esters is 1. The Labute approximate surface area is 119 Å². The van der Waals surface area contributed by atoms with E-state index in [0.717, 1.165) is 6.54 Å². The van der Waals surface area contributed by atoms with Gasteiger partial charge in [0.1, 0.15) is 5.82 Å². The molecule has 1 heterocycles. The predicted molar refractivity (Wildman–Crippen MR) is 78.7 cm³/mol. The highest BCUT2D eigenvalue weighted by Gasteiger charge is 2.29. The van der Waals surface area contributed by atoms with Crippen molar-refractivity contribution in [3.8, 4) is 0 Å². The minimum Gasteiger partial charge on any atom is -0.465 e. The zero-order valence-electron chi connectivity index (χ0n) is 12.2. The fourth-order valence-electron chi connectivity index (χ4n) is 2.13. The molecular weight excluding hydrogens is 256 g/mol. The number of carbonyl (C=O) groups excluding carboxylic acids is 1. The summed E-state index contributed by atoms with van der Waals surface area (Å²) >= 11 is 0. The van der Waals surface area contributed by atoms with E-state index in [4.69, 9.17) is 10.5 Å². The summed E-state index contributed by atoms with van der Waals surface area (Å²) < 4.78 is 4.69. The normalized spacial score (nSPS) is 16.0. The summed E-state index contributed by atoms with van der Waals surface area (Å²) in [5, 5.41) is 3.21. The van der Waals surface area contributed by atoms with Gasteiger partial charge in [-0.3, -0.25) is 4.90 Å². The van der Waals surface area contributed by atoms with Gasteiger partial charge < -0.3 is 15.8 Å². The van der Waals surface area contributed by atoms with E-state index >= 15 is 0 Å². The molecular formula is C14H22N4O2. The summed E-state index contributed by atoms with van der Waals surface area (Å²) in [5.74, 6) is 0.0834. The molecule has 3 N–H and O–H groups in total. The molecule has 1 aromatic heterocycles. The van der Waals surface area contributed by atoms with Crippen LogP contribution in [0, 0.1) is 0 Å². The molecule has 6 heteroatoms. The molecule has 1 aliphatic carbocycles. The van der Waals surface area contributed by atoms with Crippen LogP contribution < -0.4 is 11.1 Å². The van der Waals surface area contributed by atoms with Crippen LogP contribution in [0.5, 0.6) is 0 Å². The number of aromatic nitrogens is 1. The van der Waals surface area contributed by atoms with Crippen molar-refractivity contribution < 1.29 is 9.53 Å². The Morgan fingerprint density at radius 1 is 1.65 bits per heavy atom. The van der Waals surface area contributed by atoms with Gasteiger partial charge in [0.05, 0.1) is 18.4 Å². The van der Waals surface area contributed by atoms with E-state index in [9.17, 15) is 4.79 Å². The van der Waals surface area contributed by atoms with Gasteiger partial charge in [-0.05, 0) is 32.9 Å². The molecule has 1 fully saturated rings. The number of nitrogen functional groups attached to an aromatic ring is 1. The lowest BCUT2D eigenvalue weighted by Crippen LogP contribution is -2.36. The molecule has 20 heavy (non-hydrogen) atoms. The maximum absolute atomic E-state index is 11.6. The number of nitrogens with one attached hydrogen (secondary N) is 1. The predicted octanol–water partition coefficient (Wildman–Crippen LogP) is 1.34. The first-order chi connectivity index (χ1) is 9.54. The van der Waals surface area contributed by atoms with E-state index in [1.54, 1.807) is 12.3 Å². The lowest BCUT2D eigenvalue weighted by atomic mass is 10.2. The molecule has 110 valence electrons. The van der Waals surface area contributed by atoms with Gasteiger partial charge in [0.15, 0.2) is 0 Å². The third-order valence-electron chi connectivity index (χ3n) is 3.78. The molecule has 0 radical (unpaired) electrons. The monoisotopic (exact) mass is 278 g/mol. The van der Waals surface area contributed by atoms with E-state index in [0.29, 0.717) is 29.2 Å². The molecule has 0 spiro atoms. The van der Waals surface area contributed by atoms with Gasteiger partial charge in [0.2, 0.25) is 0 Å². The minimum absolute atomic E-state index is 0.334. The van der Waals surface area contributed by atoms with Crippen LogP contribution in [0.15, 0.2) is 12.3 Å². The average Bonchev–Trinajstić information content (AvgIpc) is 3.28. The summed E-state index contributed by atoms with van der Waals surface area (Å²) in [6, 6.07) is 2.65. The standard InChI is InChI=1S/C14H22N4O2/c1-9(18(2)10-4-5-10)8-17-13-12(15)11(6-7-16-13)14(19)20-3/h6-7,9-10H,4-5,8,15H2,1-3H3,(H,16,17). The molecule has 1 aromatic rings. The Bertz CT molecular complexity index is 488. The van der Waals surface area contributed by atoms with Gasteiger partial charge in [0.25, 0.3) is 0 Å². The number of pyridine rings is 1. The summed E-state index contributed by atoms with van der Waals surface area (Å²) in [7, 11) is 3.47. The highest BCUT2D eigenvalue weighted by Crippen LogP contribution is 2.27. The zero-order valence-corrected chi connectivity index (χ0v) is 12.2. The topological polar surface area (TPSA) is 80.5 Å². The quantitative estimate of drug-likeness (QED) is 0.764. The second kappa shape index (κ2) is 6.09. The first-order valence-corrected chi connectivity index (χ1v) is 6.83. The van der Waals surface area contributed by atoms with Gasteiger partial charge in [-0.25, -0.2) is 9.78 Å². The number of nitrogens with two attached hydrogens (primary N) is 1. The number of ether oxygens (including phenoxy) is 1. The number of carbonyl (C=O) groups is 1. The van der Waals surface area contributed by atoms with Crippen molar-refractivity contribution in [2.24, 2.45) is 0 Å². The van der Waals surface area contributed by atoms with E-state index in [1.165, 1.54) is 20.0 Å².